The minimum absolute atomic E-state index is 0.0112. The molecule has 2 N–H and O–H groups in total. The lowest BCUT2D eigenvalue weighted by atomic mass is 10.1. The second-order valence-electron chi connectivity index (χ2n) is 4.58. The average molecular weight is 334 g/mol. The Hall–Kier alpha value is -0.860. The van der Waals surface area contributed by atoms with Gasteiger partial charge in [-0.2, -0.15) is 11.8 Å². The first-order valence-electron chi connectivity index (χ1n) is 5.93. The molecule has 0 amide bonds. The third-order valence-electron chi connectivity index (χ3n) is 3.13. The van der Waals surface area contributed by atoms with Crippen LogP contribution in [0.2, 0.25) is 0 Å². The zero-order valence-electron chi connectivity index (χ0n) is 10.9. The van der Waals surface area contributed by atoms with Gasteiger partial charge < -0.3 is 10.6 Å². The van der Waals surface area contributed by atoms with Crippen LogP contribution in [0.3, 0.4) is 0 Å². The summed E-state index contributed by atoms with van der Waals surface area (Å²) in [7, 11) is -3.23. The van der Waals surface area contributed by atoms with E-state index in [1.807, 2.05) is 0 Å². The third-order valence-corrected chi connectivity index (χ3v) is 5.99. The molecule has 1 aliphatic heterocycles. The molecule has 0 spiro atoms. The van der Waals surface area contributed by atoms with Crippen LogP contribution in [0, 0.1) is 5.82 Å². The van der Waals surface area contributed by atoms with Crippen molar-refractivity contribution in [3.63, 3.8) is 0 Å². The number of sulfone groups is 1. The maximum Gasteiger partial charge on any atom is 0.169 e. The summed E-state index contributed by atoms with van der Waals surface area (Å²) in [5.41, 5.74) is 6.13. The van der Waals surface area contributed by atoms with Crippen molar-refractivity contribution in [3.05, 3.63) is 29.6 Å². The number of hydrogen-bond donors (Lipinski definition) is 1. The maximum atomic E-state index is 13.9. The smallest absolute Gasteiger partial charge is 0.169 e. The van der Waals surface area contributed by atoms with Crippen LogP contribution in [-0.2, 0) is 9.84 Å². The Morgan fingerprint density at radius 1 is 1.55 bits per heavy atom. The van der Waals surface area contributed by atoms with Gasteiger partial charge in [-0.15, -0.1) is 0 Å². The lowest BCUT2D eigenvalue weighted by Crippen LogP contribution is -2.47. The quantitative estimate of drug-likeness (QED) is 0.843. The molecule has 0 aliphatic carbocycles. The molecule has 2 rings (SSSR count). The van der Waals surface area contributed by atoms with Crippen LogP contribution < -0.4 is 10.6 Å². The van der Waals surface area contributed by atoms with Crippen LogP contribution >= 0.6 is 24.0 Å². The Morgan fingerprint density at radius 2 is 2.25 bits per heavy atom. The van der Waals surface area contributed by atoms with Gasteiger partial charge in [0.1, 0.15) is 16.2 Å². The van der Waals surface area contributed by atoms with Crippen LogP contribution in [0.5, 0.6) is 0 Å². The molecule has 1 atom stereocenters. The van der Waals surface area contributed by atoms with E-state index in [9.17, 15) is 12.8 Å². The number of thiocarbonyl (C=S) groups is 1. The summed E-state index contributed by atoms with van der Waals surface area (Å²) in [6, 6.07) is 4.45. The van der Waals surface area contributed by atoms with Crippen molar-refractivity contribution in [2.45, 2.75) is 5.37 Å². The van der Waals surface area contributed by atoms with Crippen molar-refractivity contribution in [2.24, 2.45) is 5.73 Å². The topological polar surface area (TPSA) is 63.4 Å². The first-order chi connectivity index (χ1) is 9.30. The predicted octanol–water partition coefficient (Wildman–Crippen LogP) is 1.38. The lowest BCUT2D eigenvalue weighted by Gasteiger charge is -2.36. The van der Waals surface area contributed by atoms with Crippen LogP contribution in [-0.4, -0.2) is 43.1 Å². The van der Waals surface area contributed by atoms with Gasteiger partial charge in [0, 0.05) is 35.6 Å². The highest BCUT2D eigenvalue weighted by Gasteiger charge is 2.31. The Balaban J connectivity index is 2.38. The van der Waals surface area contributed by atoms with E-state index in [0.29, 0.717) is 18.0 Å². The molecular weight excluding hydrogens is 319 g/mol. The second-order valence-corrected chi connectivity index (χ2v) is 8.37. The zero-order chi connectivity index (χ0) is 14.9. The molecule has 1 unspecified atom stereocenters. The molecule has 1 aromatic rings. The summed E-state index contributed by atoms with van der Waals surface area (Å²) in [6.07, 6.45) is 1.20. The molecule has 0 saturated carbocycles. The highest BCUT2D eigenvalue weighted by Crippen LogP contribution is 2.28. The van der Waals surface area contributed by atoms with Crippen LogP contribution in [0.4, 0.5) is 10.1 Å². The minimum Gasteiger partial charge on any atom is -0.389 e. The molecule has 20 heavy (non-hydrogen) atoms. The van der Waals surface area contributed by atoms with Gasteiger partial charge in [0.05, 0.1) is 0 Å². The highest BCUT2D eigenvalue weighted by molar-refractivity contribution is 8.01. The van der Waals surface area contributed by atoms with Crippen molar-refractivity contribution >= 4 is 44.5 Å². The molecule has 1 fully saturated rings. The van der Waals surface area contributed by atoms with Crippen molar-refractivity contribution < 1.29 is 12.8 Å². The minimum atomic E-state index is -3.23. The van der Waals surface area contributed by atoms with Crippen LogP contribution in [0.25, 0.3) is 0 Å². The lowest BCUT2D eigenvalue weighted by molar-refractivity contribution is 0.583. The van der Waals surface area contributed by atoms with E-state index in [0.717, 1.165) is 5.75 Å². The van der Waals surface area contributed by atoms with Gasteiger partial charge in [-0.3, -0.25) is 0 Å². The van der Waals surface area contributed by atoms with Crippen molar-refractivity contribution in [3.8, 4) is 0 Å². The first kappa shape index (κ1) is 15.5. The molecule has 1 aromatic carbocycles. The van der Waals surface area contributed by atoms with E-state index >= 15 is 0 Å². The number of nitrogens with two attached hydrogens (primary N) is 1. The largest absolute Gasteiger partial charge is 0.389 e. The first-order valence-corrected chi connectivity index (χ1v) is 9.45. The van der Waals surface area contributed by atoms with Gasteiger partial charge in [-0.1, -0.05) is 12.2 Å². The van der Waals surface area contributed by atoms with Gasteiger partial charge >= 0.3 is 0 Å². The highest BCUT2D eigenvalue weighted by atomic mass is 32.2. The van der Waals surface area contributed by atoms with E-state index in [-0.39, 0.29) is 10.6 Å². The molecule has 110 valence electrons. The molecule has 1 heterocycles. The Labute approximate surface area is 127 Å². The number of halogens is 1. The van der Waals surface area contributed by atoms with E-state index in [1.54, 1.807) is 22.7 Å². The average Bonchev–Trinajstić information content (AvgIpc) is 2.37. The Kier molecular flexibility index (Phi) is 4.55. The van der Waals surface area contributed by atoms with Gasteiger partial charge in [0.25, 0.3) is 0 Å². The van der Waals surface area contributed by atoms with Gasteiger partial charge in [0.15, 0.2) is 9.84 Å². The van der Waals surface area contributed by atoms with E-state index < -0.39 is 21.0 Å². The fraction of sp³-hybridized carbons (Fsp3) is 0.417. The molecule has 1 aliphatic rings. The summed E-state index contributed by atoms with van der Waals surface area (Å²) in [6.45, 7) is 0.564. The van der Waals surface area contributed by atoms with Crippen molar-refractivity contribution in [1.82, 2.24) is 0 Å². The fourth-order valence-corrected chi connectivity index (χ4v) is 5.12. The fourth-order valence-electron chi connectivity index (χ4n) is 2.11. The van der Waals surface area contributed by atoms with Crippen LogP contribution in [0.15, 0.2) is 18.2 Å². The summed E-state index contributed by atoms with van der Waals surface area (Å²) >= 11 is 6.34. The van der Waals surface area contributed by atoms with Crippen molar-refractivity contribution in [1.29, 1.82) is 0 Å². The Bertz CT molecular complexity index is 634. The summed E-state index contributed by atoms with van der Waals surface area (Å²) in [5.74, 6) is 0.767. The monoisotopic (exact) mass is 334 g/mol. The number of rotatable bonds is 3. The van der Waals surface area contributed by atoms with E-state index in [1.165, 1.54) is 18.4 Å². The maximum absolute atomic E-state index is 13.9. The number of hydrogen-bond acceptors (Lipinski definition) is 5. The van der Waals surface area contributed by atoms with E-state index in [4.69, 9.17) is 18.0 Å². The second kappa shape index (κ2) is 5.87. The molecule has 0 radical (unpaired) electrons. The summed E-state index contributed by atoms with van der Waals surface area (Å²) in [5, 5.41) is -0.628. The van der Waals surface area contributed by atoms with E-state index in [2.05, 4.69) is 0 Å². The van der Waals surface area contributed by atoms with Gasteiger partial charge in [0.2, 0.25) is 0 Å². The number of benzene rings is 1. The zero-order valence-corrected chi connectivity index (χ0v) is 13.3. The predicted molar refractivity (Wildman–Crippen MR) is 85.6 cm³/mol. The number of anilines is 1. The Morgan fingerprint density at radius 3 is 2.80 bits per heavy atom. The number of thioether (sulfide) groups is 1. The standard InChI is InChI=1S/C12H15FN2O2S3/c1-20(16,17)11-7-19-5-4-15(11)8-2-3-9(12(14)18)10(13)6-8/h2-3,6,11H,4-5,7H2,1H3,(H2,14,18). The molecule has 0 aromatic heterocycles. The van der Waals surface area contributed by atoms with Gasteiger partial charge in [-0.25, -0.2) is 12.8 Å². The van der Waals surface area contributed by atoms with Crippen molar-refractivity contribution in [2.75, 3.05) is 29.2 Å². The number of nitrogens with zero attached hydrogens (tertiary/aromatic N) is 1. The molecule has 4 nitrogen and oxygen atoms in total. The molecule has 0 bridgehead atoms. The summed E-state index contributed by atoms with van der Waals surface area (Å²) in [4.78, 5) is 1.71. The molecule has 8 heteroatoms. The third kappa shape index (κ3) is 3.24. The molecular formula is C12H15FN2O2S3. The summed E-state index contributed by atoms with van der Waals surface area (Å²) < 4.78 is 37.6. The molecule has 1 saturated heterocycles. The normalized spacial score (nSPS) is 19.9. The van der Waals surface area contributed by atoms with Gasteiger partial charge in [-0.05, 0) is 18.2 Å². The SMILES string of the molecule is CS(=O)(=O)C1CSCCN1c1ccc(C(N)=S)c(F)c1. The van der Waals surface area contributed by atoms with Crippen LogP contribution in [0.1, 0.15) is 5.56 Å².